The summed E-state index contributed by atoms with van der Waals surface area (Å²) in [6.45, 7) is 1.30. The van der Waals surface area contributed by atoms with Gasteiger partial charge in [-0.1, -0.05) is 12.1 Å². The second kappa shape index (κ2) is 6.39. The van der Waals surface area contributed by atoms with Gasteiger partial charge in [0.15, 0.2) is 0 Å². The van der Waals surface area contributed by atoms with E-state index in [1.165, 1.54) is 23.7 Å². The van der Waals surface area contributed by atoms with Crippen LogP contribution in [0.5, 0.6) is 0 Å². The molecule has 7 heteroatoms. The molecule has 1 N–H and O–H groups in total. The van der Waals surface area contributed by atoms with Crippen LogP contribution in [0.4, 0.5) is 9.52 Å². The van der Waals surface area contributed by atoms with E-state index in [1.807, 2.05) is 4.90 Å². The SMILES string of the molecule is O=C(O)[C@@H]1CCCN(c2nc(Cc3ccc(F)cc3)ns2)C1. The Balaban J connectivity index is 1.68. The maximum absolute atomic E-state index is 12.9. The van der Waals surface area contributed by atoms with Crippen molar-refractivity contribution in [2.75, 3.05) is 18.0 Å². The van der Waals surface area contributed by atoms with Crippen LogP contribution in [-0.2, 0) is 11.2 Å². The molecule has 1 aromatic heterocycles. The number of aromatic nitrogens is 2. The predicted molar refractivity (Wildman–Crippen MR) is 81.7 cm³/mol. The van der Waals surface area contributed by atoms with E-state index in [1.54, 1.807) is 12.1 Å². The van der Waals surface area contributed by atoms with E-state index >= 15 is 0 Å². The maximum atomic E-state index is 12.9. The molecular weight excluding hydrogens is 305 g/mol. The molecule has 116 valence electrons. The normalized spacial score (nSPS) is 18.4. The van der Waals surface area contributed by atoms with Gasteiger partial charge in [-0.3, -0.25) is 4.79 Å². The lowest BCUT2D eigenvalue weighted by molar-refractivity contribution is -0.141. The number of hydrogen-bond acceptors (Lipinski definition) is 5. The highest BCUT2D eigenvalue weighted by Gasteiger charge is 2.27. The van der Waals surface area contributed by atoms with Gasteiger partial charge < -0.3 is 10.0 Å². The first-order chi connectivity index (χ1) is 10.6. The fraction of sp³-hybridized carbons (Fsp3) is 0.400. The second-order valence-corrected chi connectivity index (χ2v) is 6.15. The molecule has 22 heavy (non-hydrogen) atoms. The molecule has 1 aliphatic heterocycles. The summed E-state index contributed by atoms with van der Waals surface area (Å²) in [4.78, 5) is 17.6. The quantitative estimate of drug-likeness (QED) is 0.937. The van der Waals surface area contributed by atoms with E-state index in [2.05, 4.69) is 9.36 Å². The van der Waals surface area contributed by atoms with Crippen LogP contribution >= 0.6 is 11.5 Å². The smallest absolute Gasteiger partial charge is 0.308 e. The number of carbonyl (C=O) groups is 1. The number of hydrogen-bond donors (Lipinski definition) is 1. The number of nitrogens with zero attached hydrogens (tertiary/aromatic N) is 3. The van der Waals surface area contributed by atoms with Crippen LogP contribution in [0.25, 0.3) is 0 Å². The van der Waals surface area contributed by atoms with Crippen LogP contribution in [0, 0.1) is 11.7 Å². The molecule has 0 bridgehead atoms. The molecule has 0 unspecified atom stereocenters. The zero-order valence-corrected chi connectivity index (χ0v) is 12.7. The number of benzene rings is 1. The number of piperidine rings is 1. The van der Waals surface area contributed by atoms with Crippen LogP contribution in [0.1, 0.15) is 24.2 Å². The van der Waals surface area contributed by atoms with Crippen molar-refractivity contribution in [3.8, 4) is 0 Å². The van der Waals surface area contributed by atoms with Crippen LogP contribution in [-0.4, -0.2) is 33.5 Å². The summed E-state index contributed by atoms with van der Waals surface area (Å²) >= 11 is 1.29. The molecule has 5 nitrogen and oxygen atoms in total. The van der Waals surface area contributed by atoms with E-state index < -0.39 is 5.97 Å². The van der Waals surface area contributed by atoms with Crippen molar-refractivity contribution < 1.29 is 14.3 Å². The van der Waals surface area contributed by atoms with Gasteiger partial charge in [0.1, 0.15) is 11.6 Å². The number of rotatable bonds is 4. The largest absolute Gasteiger partial charge is 0.481 e. The minimum atomic E-state index is -0.749. The maximum Gasteiger partial charge on any atom is 0.308 e. The number of anilines is 1. The van der Waals surface area contributed by atoms with E-state index in [9.17, 15) is 9.18 Å². The molecule has 1 atom stereocenters. The van der Waals surface area contributed by atoms with Crippen LogP contribution < -0.4 is 4.90 Å². The van der Waals surface area contributed by atoms with Crippen molar-refractivity contribution >= 4 is 22.6 Å². The van der Waals surface area contributed by atoms with E-state index in [-0.39, 0.29) is 11.7 Å². The first-order valence-corrected chi connectivity index (χ1v) is 7.94. The Morgan fingerprint density at radius 1 is 1.41 bits per heavy atom. The van der Waals surface area contributed by atoms with Gasteiger partial charge in [-0.05, 0) is 30.5 Å². The van der Waals surface area contributed by atoms with Crippen molar-refractivity contribution in [1.29, 1.82) is 0 Å². The molecule has 0 radical (unpaired) electrons. The van der Waals surface area contributed by atoms with Gasteiger partial charge in [0.05, 0.1) is 5.92 Å². The molecule has 0 amide bonds. The van der Waals surface area contributed by atoms with Gasteiger partial charge in [0.25, 0.3) is 0 Å². The lowest BCUT2D eigenvalue weighted by atomic mass is 9.99. The second-order valence-electron chi connectivity index (χ2n) is 5.42. The fourth-order valence-electron chi connectivity index (χ4n) is 2.58. The number of halogens is 1. The standard InChI is InChI=1S/C15H16FN3O2S/c16-12-5-3-10(4-6-12)8-13-17-15(22-18-13)19-7-1-2-11(9-19)14(20)21/h3-6,11H,1-2,7-9H2,(H,20,21)/t11-/m1/s1. The minimum Gasteiger partial charge on any atom is -0.481 e. The van der Waals surface area contributed by atoms with Crippen molar-refractivity contribution in [1.82, 2.24) is 9.36 Å². The van der Waals surface area contributed by atoms with Gasteiger partial charge >= 0.3 is 5.97 Å². The molecule has 3 rings (SSSR count). The molecule has 0 saturated carbocycles. The van der Waals surface area contributed by atoms with Crippen molar-refractivity contribution in [2.45, 2.75) is 19.3 Å². The summed E-state index contributed by atoms with van der Waals surface area (Å²) in [6.07, 6.45) is 2.11. The highest BCUT2D eigenvalue weighted by atomic mass is 32.1. The average molecular weight is 321 g/mol. The zero-order valence-electron chi connectivity index (χ0n) is 11.9. The van der Waals surface area contributed by atoms with Crippen molar-refractivity contribution in [3.63, 3.8) is 0 Å². The monoisotopic (exact) mass is 321 g/mol. The number of aliphatic carboxylic acids is 1. The molecule has 0 aliphatic carbocycles. The molecular formula is C15H16FN3O2S. The van der Waals surface area contributed by atoms with Crippen molar-refractivity contribution in [3.05, 3.63) is 41.5 Å². The van der Waals surface area contributed by atoms with E-state index in [4.69, 9.17) is 5.11 Å². The number of carboxylic acid groups (broad SMARTS) is 1. The fourth-order valence-corrected chi connectivity index (χ4v) is 3.30. The highest BCUT2D eigenvalue weighted by molar-refractivity contribution is 7.09. The predicted octanol–water partition coefficient (Wildman–Crippen LogP) is 2.57. The van der Waals surface area contributed by atoms with Gasteiger partial charge in [0, 0.05) is 31.0 Å². The van der Waals surface area contributed by atoms with Gasteiger partial charge in [-0.2, -0.15) is 4.37 Å². The summed E-state index contributed by atoms with van der Waals surface area (Å²) in [6, 6.07) is 6.28. The topological polar surface area (TPSA) is 66.3 Å². The lowest BCUT2D eigenvalue weighted by Gasteiger charge is -2.29. The van der Waals surface area contributed by atoms with Crippen LogP contribution in [0.15, 0.2) is 24.3 Å². The Morgan fingerprint density at radius 3 is 2.91 bits per heavy atom. The Bertz CT molecular complexity index is 659. The molecule has 2 aromatic rings. The Hall–Kier alpha value is -2.02. The summed E-state index contributed by atoms with van der Waals surface area (Å²) in [5.74, 6) is -0.660. The summed E-state index contributed by atoms with van der Waals surface area (Å²) in [5, 5.41) is 9.90. The Labute approximate surface area is 131 Å². The van der Waals surface area contributed by atoms with Crippen molar-refractivity contribution in [2.24, 2.45) is 5.92 Å². The molecule has 2 heterocycles. The van der Waals surface area contributed by atoms with E-state index in [0.29, 0.717) is 25.2 Å². The molecule has 1 aromatic carbocycles. The molecule has 1 aliphatic rings. The van der Waals surface area contributed by atoms with Gasteiger partial charge in [0.2, 0.25) is 5.13 Å². The third-order valence-corrected chi connectivity index (χ3v) is 4.59. The molecule has 1 fully saturated rings. The molecule has 0 spiro atoms. The van der Waals surface area contributed by atoms with E-state index in [0.717, 1.165) is 23.7 Å². The first kappa shape index (κ1) is 14.9. The number of carboxylic acids is 1. The zero-order chi connectivity index (χ0) is 15.5. The van der Waals surface area contributed by atoms with Gasteiger partial charge in [-0.25, -0.2) is 9.37 Å². The molecule has 1 saturated heterocycles. The lowest BCUT2D eigenvalue weighted by Crippen LogP contribution is -2.38. The Kier molecular flexibility index (Phi) is 4.33. The average Bonchev–Trinajstić information content (AvgIpc) is 2.98. The summed E-state index contributed by atoms with van der Waals surface area (Å²) in [5.41, 5.74) is 0.952. The summed E-state index contributed by atoms with van der Waals surface area (Å²) < 4.78 is 17.2. The van der Waals surface area contributed by atoms with Crippen LogP contribution in [0.3, 0.4) is 0 Å². The minimum absolute atomic E-state index is 0.260. The third-order valence-electron chi connectivity index (χ3n) is 3.77. The summed E-state index contributed by atoms with van der Waals surface area (Å²) in [7, 11) is 0. The third kappa shape index (κ3) is 3.41. The van der Waals surface area contributed by atoms with Gasteiger partial charge in [-0.15, -0.1) is 0 Å². The Morgan fingerprint density at radius 2 is 2.18 bits per heavy atom. The highest BCUT2D eigenvalue weighted by Crippen LogP contribution is 2.25. The first-order valence-electron chi connectivity index (χ1n) is 7.16. The van der Waals surface area contributed by atoms with Crippen LogP contribution in [0.2, 0.25) is 0 Å².